The largest absolute Gasteiger partial charge is 0.468 e. The lowest BCUT2D eigenvalue weighted by Gasteiger charge is -2.44. The molecular formula is C25H28ClNO3. The maximum absolute atomic E-state index is 12.8. The average molecular weight is 426 g/mol. The van der Waals surface area contributed by atoms with Gasteiger partial charge in [0.1, 0.15) is 0 Å². The number of fused-ring (bicyclic) bond motifs is 2. The third-order valence-corrected chi connectivity index (χ3v) is 7.93. The SMILES string of the molecule is COC(=O)[C@@]1(c2ccccc2)C[C@H]1CN1[C@@H]2CC[C@H]1CC(O)(c1ccc(Cl)cc1)C2. The Bertz CT molecular complexity index is 917. The number of piperidine rings is 1. The van der Waals surface area contributed by atoms with Crippen LogP contribution in [0.5, 0.6) is 0 Å². The van der Waals surface area contributed by atoms with Crippen LogP contribution in [-0.4, -0.2) is 41.7 Å². The van der Waals surface area contributed by atoms with E-state index < -0.39 is 11.0 Å². The first kappa shape index (κ1) is 20.0. The standard InChI is InChI=1S/C25H28ClNO3/c1-30-23(28)25(18-5-3-2-4-6-18)13-19(25)16-27-21-11-12-22(27)15-24(29,14-21)17-7-9-20(26)10-8-17/h2-10,19,21-22,29H,11-16H2,1H3/t19-,21-,22+,24?,25+/m0/s1. The van der Waals surface area contributed by atoms with E-state index in [4.69, 9.17) is 16.3 Å². The quantitative estimate of drug-likeness (QED) is 0.726. The number of carbonyl (C=O) groups is 1. The molecule has 2 aromatic carbocycles. The Morgan fingerprint density at radius 2 is 1.67 bits per heavy atom. The fourth-order valence-electron chi connectivity index (χ4n) is 6.05. The average Bonchev–Trinajstić information content (AvgIpc) is 3.43. The molecule has 5 atom stereocenters. The molecule has 158 valence electrons. The number of rotatable bonds is 5. The Labute approximate surface area is 182 Å². The summed E-state index contributed by atoms with van der Waals surface area (Å²) in [6.45, 7) is 0.885. The van der Waals surface area contributed by atoms with Gasteiger partial charge in [-0.2, -0.15) is 0 Å². The zero-order valence-electron chi connectivity index (χ0n) is 17.3. The predicted octanol–water partition coefficient (Wildman–Crippen LogP) is 4.29. The van der Waals surface area contributed by atoms with E-state index >= 15 is 0 Å². The predicted molar refractivity (Wildman–Crippen MR) is 116 cm³/mol. The smallest absolute Gasteiger partial charge is 0.316 e. The summed E-state index contributed by atoms with van der Waals surface area (Å²) in [7, 11) is 1.49. The monoisotopic (exact) mass is 425 g/mol. The van der Waals surface area contributed by atoms with Gasteiger partial charge in [-0.05, 0) is 61.3 Å². The molecule has 1 aliphatic carbocycles. The van der Waals surface area contributed by atoms with Gasteiger partial charge >= 0.3 is 5.97 Å². The van der Waals surface area contributed by atoms with Crippen LogP contribution in [0.3, 0.4) is 0 Å². The first-order valence-corrected chi connectivity index (χ1v) is 11.2. The van der Waals surface area contributed by atoms with Crippen LogP contribution in [0.1, 0.15) is 43.2 Å². The van der Waals surface area contributed by atoms with Crippen LogP contribution in [-0.2, 0) is 20.5 Å². The number of methoxy groups -OCH3 is 1. The van der Waals surface area contributed by atoms with Crippen molar-refractivity contribution in [2.75, 3.05) is 13.7 Å². The van der Waals surface area contributed by atoms with Crippen LogP contribution in [0.25, 0.3) is 0 Å². The van der Waals surface area contributed by atoms with Crippen molar-refractivity contribution in [2.45, 2.75) is 55.2 Å². The Morgan fingerprint density at radius 3 is 2.27 bits per heavy atom. The molecule has 0 aromatic heterocycles. The Kier molecular flexibility index (Phi) is 4.92. The molecule has 2 aliphatic heterocycles. The summed E-state index contributed by atoms with van der Waals surface area (Å²) in [5.41, 5.74) is 0.710. The van der Waals surface area contributed by atoms with E-state index in [1.54, 1.807) is 0 Å². The minimum absolute atomic E-state index is 0.124. The second-order valence-electron chi connectivity index (χ2n) is 9.26. The fourth-order valence-corrected chi connectivity index (χ4v) is 6.18. The van der Waals surface area contributed by atoms with E-state index in [1.165, 1.54) is 7.11 Å². The lowest BCUT2D eigenvalue weighted by molar-refractivity contribution is -0.144. The third kappa shape index (κ3) is 3.17. The Balaban J connectivity index is 1.34. The summed E-state index contributed by atoms with van der Waals surface area (Å²) in [5.74, 6) is 0.137. The van der Waals surface area contributed by atoms with Gasteiger partial charge in [-0.3, -0.25) is 9.69 Å². The molecular weight excluding hydrogens is 398 g/mol. The van der Waals surface area contributed by atoms with Gasteiger partial charge in [0.2, 0.25) is 0 Å². The number of carbonyl (C=O) groups excluding carboxylic acids is 1. The number of ether oxygens (including phenoxy) is 1. The van der Waals surface area contributed by atoms with Crippen molar-refractivity contribution in [2.24, 2.45) is 5.92 Å². The number of nitrogens with zero attached hydrogens (tertiary/aromatic N) is 1. The molecule has 4 nitrogen and oxygen atoms in total. The molecule has 1 saturated carbocycles. The van der Waals surface area contributed by atoms with Crippen LogP contribution in [0, 0.1) is 5.92 Å². The van der Waals surface area contributed by atoms with Crippen LogP contribution in [0.2, 0.25) is 5.02 Å². The van der Waals surface area contributed by atoms with Gasteiger partial charge in [0.15, 0.2) is 0 Å². The van der Waals surface area contributed by atoms with Crippen molar-refractivity contribution in [1.82, 2.24) is 4.90 Å². The van der Waals surface area contributed by atoms with Crippen LogP contribution in [0.4, 0.5) is 0 Å². The highest BCUT2D eigenvalue weighted by Gasteiger charge is 2.63. The number of aliphatic hydroxyl groups is 1. The van der Waals surface area contributed by atoms with E-state index in [0.717, 1.165) is 49.8 Å². The lowest BCUT2D eigenvalue weighted by atomic mass is 9.80. The molecule has 0 spiro atoms. The van der Waals surface area contributed by atoms with E-state index in [2.05, 4.69) is 4.90 Å². The van der Waals surface area contributed by atoms with Crippen molar-refractivity contribution in [3.05, 3.63) is 70.7 Å². The fraction of sp³-hybridized carbons (Fsp3) is 0.480. The molecule has 30 heavy (non-hydrogen) atoms. The summed E-state index contributed by atoms with van der Waals surface area (Å²) in [6.07, 6.45) is 4.50. The van der Waals surface area contributed by atoms with Gasteiger partial charge in [-0.1, -0.05) is 54.1 Å². The third-order valence-electron chi connectivity index (χ3n) is 7.67. The van der Waals surface area contributed by atoms with Crippen LogP contribution in [0.15, 0.2) is 54.6 Å². The van der Waals surface area contributed by atoms with Crippen molar-refractivity contribution < 1.29 is 14.6 Å². The lowest BCUT2D eigenvalue weighted by Crippen LogP contribution is -2.50. The van der Waals surface area contributed by atoms with E-state index in [0.29, 0.717) is 17.1 Å². The number of hydrogen-bond acceptors (Lipinski definition) is 4. The van der Waals surface area contributed by atoms with Gasteiger partial charge < -0.3 is 9.84 Å². The summed E-state index contributed by atoms with van der Waals surface area (Å²) in [6, 6.07) is 18.4. The van der Waals surface area contributed by atoms with Crippen LogP contribution >= 0.6 is 11.6 Å². The summed E-state index contributed by atoms with van der Waals surface area (Å²) in [4.78, 5) is 15.3. The number of esters is 1. The molecule has 2 bridgehead atoms. The zero-order chi connectivity index (χ0) is 20.9. The van der Waals surface area contributed by atoms with Gasteiger partial charge in [0, 0.05) is 23.7 Å². The van der Waals surface area contributed by atoms with Crippen molar-refractivity contribution in [1.29, 1.82) is 0 Å². The second kappa shape index (κ2) is 7.37. The summed E-state index contributed by atoms with van der Waals surface area (Å²) >= 11 is 6.04. The number of benzene rings is 2. The van der Waals surface area contributed by atoms with E-state index in [9.17, 15) is 9.90 Å². The molecule has 0 radical (unpaired) electrons. The van der Waals surface area contributed by atoms with Gasteiger partial charge in [-0.25, -0.2) is 0 Å². The molecule has 1 N–H and O–H groups in total. The molecule has 2 heterocycles. The Morgan fingerprint density at radius 1 is 1.03 bits per heavy atom. The highest BCUT2D eigenvalue weighted by molar-refractivity contribution is 6.30. The molecule has 3 aliphatic rings. The minimum Gasteiger partial charge on any atom is -0.468 e. The molecule has 5 heteroatoms. The van der Waals surface area contributed by atoms with Gasteiger partial charge in [0.05, 0.1) is 18.1 Å². The van der Waals surface area contributed by atoms with Crippen LogP contribution < -0.4 is 0 Å². The highest BCUT2D eigenvalue weighted by Crippen LogP contribution is 2.57. The maximum Gasteiger partial charge on any atom is 0.316 e. The van der Waals surface area contributed by atoms with Crippen molar-refractivity contribution in [3.8, 4) is 0 Å². The minimum atomic E-state index is -0.796. The second-order valence-corrected chi connectivity index (χ2v) is 9.69. The first-order valence-electron chi connectivity index (χ1n) is 10.8. The number of halogens is 1. The summed E-state index contributed by atoms with van der Waals surface area (Å²) < 4.78 is 5.21. The normalized spacial score (nSPS) is 35.2. The first-order chi connectivity index (χ1) is 14.5. The Hall–Kier alpha value is -1.88. The van der Waals surface area contributed by atoms with Gasteiger partial charge in [0.25, 0.3) is 0 Å². The molecule has 5 rings (SSSR count). The maximum atomic E-state index is 12.8. The molecule has 0 amide bonds. The van der Waals surface area contributed by atoms with E-state index in [1.807, 2.05) is 54.6 Å². The van der Waals surface area contributed by atoms with Gasteiger partial charge in [-0.15, -0.1) is 0 Å². The molecule has 2 saturated heterocycles. The van der Waals surface area contributed by atoms with E-state index in [-0.39, 0.29) is 11.9 Å². The molecule has 3 fully saturated rings. The van der Waals surface area contributed by atoms with Crippen molar-refractivity contribution in [3.63, 3.8) is 0 Å². The highest BCUT2D eigenvalue weighted by atomic mass is 35.5. The van der Waals surface area contributed by atoms with Crippen molar-refractivity contribution >= 4 is 17.6 Å². The topological polar surface area (TPSA) is 49.8 Å². The number of hydrogen-bond donors (Lipinski definition) is 1. The zero-order valence-corrected chi connectivity index (χ0v) is 18.0. The summed E-state index contributed by atoms with van der Waals surface area (Å²) in [5, 5.41) is 12.1. The molecule has 1 unspecified atom stereocenters. The molecule has 2 aromatic rings.